The highest BCUT2D eigenvalue weighted by atomic mass is 31.2. The maximum absolute atomic E-state index is 10.6. The van der Waals surface area contributed by atoms with Gasteiger partial charge in [-0.2, -0.15) is 0 Å². The maximum atomic E-state index is 10.6. The van der Waals surface area contributed by atoms with Crippen molar-refractivity contribution in [2.45, 2.75) is 31.3 Å². The molecule has 0 radical (unpaired) electrons. The quantitative estimate of drug-likeness (QED) is 0.192. The number of hydrogen-bond acceptors (Lipinski definition) is 8. The molecule has 0 aliphatic rings. The summed E-state index contributed by atoms with van der Waals surface area (Å²) in [6.07, 6.45) is -7.12. The van der Waals surface area contributed by atoms with E-state index in [0.717, 1.165) is 0 Å². The predicted octanol–water partition coefficient (Wildman–Crippen LogP) is -2.31. The molecule has 0 aromatic rings. The first-order chi connectivity index (χ1) is 9.87. The molecule has 7 N–H and O–H groups in total. The Labute approximate surface area is 125 Å². The zero-order valence-electron chi connectivity index (χ0n) is 11.5. The van der Waals surface area contributed by atoms with E-state index in [1.54, 1.807) is 0 Å². The second-order valence-electron chi connectivity index (χ2n) is 4.12. The van der Waals surface area contributed by atoms with Crippen molar-refractivity contribution < 1.29 is 57.8 Å². The molecule has 0 saturated heterocycles. The third-order valence-corrected chi connectivity index (χ3v) is 3.30. The first-order valence-electron chi connectivity index (χ1n) is 5.93. The Morgan fingerprint density at radius 3 is 1.73 bits per heavy atom. The molecular weight excluding hydrogens is 350 g/mol. The van der Waals surface area contributed by atoms with Crippen molar-refractivity contribution in [2.24, 2.45) is 0 Å². The fourth-order valence-corrected chi connectivity index (χ4v) is 2.04. The van der Waals surface area contributed by atoms with Gasteiger partial charge in [0.1, 0.15) is 24.4 Å². The lowest BCUT2D eigenvalue weighted by Crippen LogP contribution is -2.48. The van der Waals surface area contributed by atoms with Crippen LogP contribution in [0, 0.1) is 0 Å². The van der Waals surface area contributed by atoms with Crippen molar-refractivity contribution in [2.75, 3.05) is 19.8 Å². The summed E-state index contributed by atoms with van der Waals surface area (Å²) in [4.78, 5) is 34.1. The first-order valence-corrected chi connectivity index (χ1v) is 8.99. The van der Waals surface area contributed by atoms with E-state index in [1.807, 2.05) is 0 Å². The van der Waals surface area contributed by atoms with Gasteiger partial charge in [-0.3, -0.25) is 9.05 Å². The van der Waals surface area contributed by atoms with E-state index >= 15 is 0 Å². The molecule has 0 bridgehead atoms. The predicted molar refractivity (Wildman–Crippen MR) is 69.4 cm³/mol. The lowest BCUT2D eigenvalue weighted by Gasteiger charge is -2.29. The minimum atomic E-state index is -4.87. The molecule has 0 aliphatic carbocycles. The lowest BCUT2D eigenvalue weighted by molar-refractivity contribution is -0.137. The van der Waals surface area contributed by atoms with Crippen LogP contribution in [-0.4, -0.2) is 79.1 Å². The Balaban J connectivity index is 4.65. The Bertz CT molecular complexity index is 404. The van der Waals surface area contributed by atoms with Crippen molar-refractivity contribution in [1.29, 1.82) is 0 Å². The number of rotatable bonds is 11. The van der Waals surface area contributed by atoms with Crippen LogP contribution in [0.25, 0.3) is 0 Å². The second-order valence-corrected chi connectivity index (χ2v) is 6.59. The summed E-state index contributed by atoms with van der Waals surface area (Å²) in [6, 6.07) is 0. The van der Waals surface area contributed by atoms with Gasteiger partial charge in [-0.15, -0.1) is 0 Å². The molecule has 0 aliphatic heterocycles. The van der Waals surface area contributed by atoms with Gasteiger partial charge in [0, 0.05) is 6.61 Å². The zero-order valence-corrected chi connectivity index (χ0v) is 13.3. The van der Waals surface area contributed by atoms with Gasteiger partial charge in [0.25, 0.3) is 0 Å². The standard InChI is InChI=1S/C8H20O12P2/c1-2-18-6(4-20-22(15,16)17)8(11)7(10)5(9)3-19-21(12,13)14/h5-11H,2-4H2,1H3,(H2,12,13,14)(H2,15,16,17)/t5-,6-,7-,8-/m1/s1. The molecule has 0 rings (SSSR count). The van der Waals surface area contributed by atoms with E-state index in [1.165, 1.54) is 6.92 Å². The zero-order chi connectivity index (χ0) is 17.6. The summed E-state index contributed by atoms with van der Waals surface area (Å²) in [5, 5.41) is 28.9. The molecule has 0 fully saturated rings. The second kappa shape index (κ2) is 9.38. The number of phosphoric ester groups is 2. The summed E-state index contributed by atoms with van der Waals surface area (Å²) in [5.41, 5.74) is 0. The van der Waals surface area contributed by atoms with Gasteiger partial charge >= 0.3 is 15.6 Å². The summed E-state index contributed by atoms with van der Waals surface area (Å²) < 4.78 is 34.1. The molecule has 14 heteroatoms. The number of ether oxygens (including phenoxy) is 1. The van der Waals surface area contributed by atoms with Crippen LogP contribution in [0.15, 0.2) is 0 Å². The smallest absolute Gasteiger partial charge is 0.388 e. The van der Waals surface area contributed by atoms with Gasteiger partial charge < -0.3 is 39.6 Å². The molecule has 0 spiro atoms. The molecule has 0 aromatic heterocycles. The topological polar surface area (TPSA) is 203 Å². The van der Waals surface area contributed by atoms with Crippen molar-refractivity contribution in [3.05, 3.63) is 0 Å². The highest BCUT2D eigenvalue weighted by Crippen LogP contribution is 2.37. The van der Waals surface area contributed by atoms with Crippen LogP contribution in [0.4, 0.5) is 0 Å². The molecular formula is C8H20O12P2. The van der Waals surface area contributed by atoms with Crippen molar-refractivity contribution in [3.63, 3.8) is 0 Å². The van der Waals surface area contributed by atoms with Crippen LogP contribution < -0.4 is 0 Å². The Kier molecular flexibility index (Phi) is 9.40. The minimum absolute atomic E-state index is 0.00591. The Hall–Kier alpha value is 0.0600. The fourth-order valence-electron chi connectivity index (χ4n) is 1.35. The third-order valence-electron chi connectivity index (χ3n) is 2.33. The summed E-state index contributed by atoms with van der Waals surface area (Å²) in [5.74, 6) is 0. The SMILES string of the molecule is CCO[C@H](COP(=O)(O)O)[C@@H](O)[C@H](O)[C@H](O)COP(=O)(O)O. The number of hydrogen-bond donors (Lipinski definition) is 7. The van der Waals surface area contributed by atoms with E-state index < -0.39 is 53.3 Å². The third kappa shape index (κ3) is 9.95. The van der Waals surface area contributed by atoms with Gasteiger partial charge in [0.2, 0.25) is 0 Å². The van der Waals surface area contributed by atoms with Gasteiger partial charge in [0.05, 0.1) is 13.2 Å². The van der Waals surface area contributed by atoms with Crippen LogP contribution in [0.3, 0.4) is 0 Å². The molecule has 22 heavy (non-hydrogen) atoms. The lowest BCUT2D eigenvalue weighted by atomic mass is 10.0. The van der Waals surface area contributed by atoms with Crippen LogP contribution >= 0.6 is 15.6 Å². The Morgan fingerprint density at radius 2 is 1.32 bits per heavy atom. The average Bonchev–Trinajstić information content (AvgIpc) is 2.37. The summed E-state index contributed by atoms with van der Waals surface area (Å²) in [7, 11) is -9.71. The molecule has 0 aromatic carbocycles. The van der Waals surface area contributed by atoms with Crippen molar-refractivity contribution in [1.82, 2.24) is 0 Å². The van der Waals surface area contributed by atoms with Crippen LogP contribution in [0.5, 0.6) is 0 Å². The van der Waals surface area contributed by atoms with Crippen LogP contribution in [0.1, 0.15) is 6.92 Å². The van der Waals surface area contributed by atoms with E-state index in [9.17, 15) is 24.4 Å². The summed E-state index contributed by atoms with van der Waals surface area (Å²) in [6.45, 7) is -0.284. The monoisotopic (exact) mass is 370 g/mol. The maximum Gasteiger partial charge on any atom is 0.469 e. The molecule has 12 nitrogen and oxygen atoms in total. The summed E-state index contributed by atoms with van der Waals surface area (Å²) >= 11 is 0. The minimum Gasteiger partial charge on any atom is -0.388 e. The van der Waals surface area contributed by atoms with E-state index in [4.69, 9.17) is 24.3 Å². The Morgan fingerprint density at radius 1 is 0.864 bits per heavy atom. The van der Waals surface area contributed by atoms with Crippen molar-refractivity contribution in [3.8, 4) is 0 Å². The number of phosphoric acid groups is 2. The van der Waals surface area contributed by atoms with Crippen LogP contribution in [0.2, 0.25) is 0 Å². The highest BCUT2D eigenvalue weighted by molar-refractivity contribution is 7.46. The highest BCUT2D eigenvalue weighted by Gasteiger charge is 2.34. The number of aliphatic hydroxyl groups excluding tert-OH is 3. The largest absolute Gasteiger partial charge is 0.469 e. The number of aliphatic hydroxyl groups is 3. The van der Waals surface area contributed by atoms with E-state index in [2.05, 4.69) is 9.05 Å². The fraction of sp³-hybridized carbons (Fsp3) is 1.00. The van der Waals surface area contributed by atoms with E-state index in [0.29, 0.717) is 0 Å². The van der Waals surface area contributed by atoms with Gasteiger partial charge in [0.15, 0.2) is 0 Å². The van der Waals surface area contributed by atoms with Gasteiger partial charge in [-0.25, -0.2) is 9.13 Å². The van der Waals surface area contributed by atoms with Gasteiger partial charge in [-0.05, 0) is 6.92 Å². The van der Waals surface area contributed by atoms with Crippen LogP contribution in [-0.2, 0) is 22.9 Å². The molecule has 0 amide bonds. The van der Waals surface area contributed by atoms with Crippen molar-refractivity contribution >= 4 is 15.6 Å². The van der Waals surface area contributed by atoms with Gasteiger partial charge in [-0.1, -0.05) is 0 Å². The normalized spacial score (nSPS) is 18.7. The molecule has 0 saturated carbocycles. The molecule has 0 unspecified atom stereocenters. The van der Waals surface area contributed by atoms with E-state index in [-0.39, 0.29) is 6.61 Å². The average molecular weight is 370 g/mol. The first kappa shape index (κ1) is 22.1. The molecule has 134 valence electrons. The molecule has 4 atom stereocenters. The molecule has 0 heterocycles.